The van der Waals surface area contributed by atoms with Crippen LogP contribution >= 0.6 is 0 Å². The number of hydrogen-bond acceptors (Lipinski definition) is 3. The van der Waals surface area contributed by atoms with Gasteiger partial charge in [-0.1, -0.05) is 30.3 Å². The summed E-state index contributed by atoms with van der Waals surface area (Å²) >= 11 is 0. The minimum atomic E-state index is -0.694. The first-order valence-electron chi connectivity index (χ1n) is 5.96. The number of aliphatic carboxylic acids is 1. The molecule has 2 aliphatic rings. The highest BCUT2D eigenvalue weighted by Gasteiger charge is 2.55. The summed E-state index contributed by atoms with van der Waals surface area (Å²) in [7, 11) is 0. The van der Waals surface area contributed by atoms with Gasteiger partial charge in [-0.15, -0.1) is 0 Å². The molecule has 1 aromatic rings. The maximum Gasteiger partial charge on any atom is 0.325 e. The molecule has 2 bridgehead atoms. The molecule has 4 nitrogen and oxygen atoms in total. The summed E-state index contributed by atoms with van der Waals surface area (Å²) < 4.78 is 0. The lowest BCUT2D eigenvalue weighted by Crippen LogP contribution is -2.56. The Bertz CT molecular complexity index is 434. The molecule has 1 aromatic carbocycles. The topological polar surface area (TPSA) is 52.6 Å². The SMILES string of the molecule is O=C(O)C12CNC(CN1Cc1ccccc1)C2. The summed E-state index contributed by atoms with van der Waals surface area (Å²) in [6.07, 6.45) is 0.731. The maximum absolute atomic E-state index is 11.5. The van der Waals surface area contributed by atoms with Gasteiger partial charge in [0.25, 0.3) is 0 Å². The Hall–Kier alpha value is -1.39. The fourth-order valence-corrected chi connectivity index (χ4v) is 2.99. The molecule has 17 heavy (non-hydrogen) atoms. The second kappa shape index (κ2) is 3.82. The number of hydrogen-bond donors (Lipinski definition) is 2. The predicted molar refractivity (Wildman–Crippen MR) is 63.6 cm³/mol. The molecular weight excluding hydrogens is 216 g/mol. The zero-order chi connectivity index (χ0) is 11.9. The molecule has 90 valence electrons. The molecule has 0 radical (unpaired) electrons. The first-order chi connectivity index (χ1) is 8.21. The zero-order valence-electron chi connectivity index (χ0n) is 9.60. The molecule has 2 unspecified atom stereocenters. The number of carboxylic acids is 1. The van der Waals surface area contributed by atoms with Gasteiger partial charge in [0.05, 0.1) is 0 Å². The van der Waals surface area contributed by atoms with Gasteiger partial charge < -0.3 is 10.4 Å². The second-order valence-electron chi connectivity index (χ2n) is 4.98. The van der Waals surface area contributed by atoms with Crippen LogP contribution in [0.1, 0.15) is 12.0 Å². The summed E-state index contributed by atoms with van der Waals surface area (Å²) in [4.78, 5) is 13.6. The summed E-state index contributed by atoms with van der Waals surface area (Å²) in [5.74, 6) is -0.694. The highest BCUT2D eigenvalue weighted by atomic mass is 16.4. The number of carbonyl (C=O) groups is 1. The van der Waals surface area contributed by atoms with Gasteiger partial charge in [0, 0.05) is 25.7 Å². The minimum Gasteiger partial charge on any atom is -0.480 e. The molecule has 0 spiro atoms. The number of nitrogens with zero attached hydrogens (tertiary/aromatic N) is 1. The lowest BCUT2D eigenvalue weighted by Gasteiger charge is -2.35. The Morgan fingerprint density at radius 2 is 2.24 bits per heavy atom. The predicted octanol–water partition coefficient (Wildman–Crippen LogP) is 0.688. The smallest absolute Gasteiger partial charge is 0.325 e. The summed E-state index contributed by atoms with van der Waals surface area (Å²) in [5.41, 5.74) is 0.501. The molecule has 2 saturated heterocycles. The van der Waals surface area contributed by atoms with Crippen molar-refractivity contribution in [1.29, 1.82) is 0 Å². The van der Waals surface area contributed by atoms with Gasteiger partial charge in [-0.25, -0.2) is 0 Å². The molecule has 4 heteroatoms. The Morgan fingerprint density at radius 3 is 2.88 bits per heavy atom. The quantitative estimate of drug-likeness (QED) is 0.805. The van der Waals surface area contributed by atoms with Crippen molar-refractivity contribution in [1.82, 2.24) is 10.2 Å². The fraction of sp³-hybridized carbons (Fsp3) is 0.462. The van der Waals surface area contributed by atoms with Crippen molar-refractivity contribution >= 4 is 5.97 Å². The van der Waals surface area contributed by atoms with Crippen LogP contribution in [0.2, 0.25) is 0 Å². The second-order valence-corrected chi connectivity index (χ2v) is 4.98. The van der Waals surface area contributed by atoms with E-state index in [1.165, 1.54) is 5.56 Å². The van der Waals surface area contributed by atoms with E-state index in [0.29, 0.717) is 12.6 Å². The van der Waals surface area contributed by atoms with E-state index < -0.39 is 11.5 Å². The number of rotatable bonds is 3. The third-order valence-corrected chi connectivity index (χ3v) is 3.93. The average molecular weight is 232 g/mol. The largest absolute Gasteiger partial charge is 0.480 e. The summed E-state index contributed by atoms with van der Waals surface area (Å²) in [6, 6.07) is 10.4. The maximum atomic E-state index is 11.5. The Kier molecular flexibility index (Phi) is 2.42. The highest BCUT2D eigenvalue weighted by molar-refractivity contribution is 5.80. The summed E-state index contributed by atoms with van der Waals surface area (Å²) in [6.45, 7) is 2.13. The number of benzene rings is 1. The standard InChI is InChI=1S/C13H16N2O2/c16-12(17)13-6-11(14-9-13)8-15(13)7-10-4-2-1-3-5-10/h1-5,11,14H,6-9H2,(H,16,17). The Labute approximate surface area is 100 Å². The summed E-state index contributed by atoms with van der Waals surface area (Å²) in [5, 5.41) is 12.7. The van der Waals surface area contributed by atoms with E-state index in [2.05, 4.69) is 22.3 Å². The fourth-order valence-electron chi connectivity index (χ4n) is 2.99. The Balaban J connectivity index is 1.82. The van der Waals surface area contributed by atoms with Crippen molar-refractivity contribution in [3.63, 3.8) is 0 Å². The van der Waals surface area contributed by atoms with Crippen molar-refractivity contribution in [3.05, 3.63) is 35.9 Å². The normalized spacial score (nSPS) is 31.9. The van der Waals surface area contributed by atoms with Gasteiger partial charge in [-0.2, -0.15) is 0 Å². The molecule has 2 N–H and O–H groups in total. The molecule has 2 heterocycles. The van der Waals surface area contributed by atoms with Crippen molar-refractivity contribution in [2.24, 2.45) is 0 Å². The van der Waals surface area contributed by atoms with E-state index in [1.54, 1.807) is 0 Å². The van der Waals surface area contributed by atoms with Gasteiger partial charge in [0.2, 0.25) is 0 Å². The van der Waals surface area contributed by atoms with Crippen molar-refractivity contribution < 1.29 is 9.90 Å². The highest BCUT2D eigenvalue weighted by Crippen LogP contribution is 2.35. The monoisotopic (exact) mass is 232 g/mol. The van der Waals surface area contributed by atoms with Gasteiger partial charge in [-0.3, -0.25) is 9.69 Å². The van der Waals surface area contributed by atoms with Gasteiger partial charge in [0.1, 0.15) is 5.54 Å². The van der Waals surface area contributed by atoms with E-state index in [0.717, 1.165) is 19.5 Å². The third-order valence-electron chi connectivity index (χ3n) is 3.93. The van der Waals surface area contributed by atoms with E-state index in [1.807, 2.05) is 18.2 Å². The zero-order valence-corrected chi connectivity index (χ0v) is 9.60. The van der Waals surface area contributed by atoms with E-state index in [-0.39, 0.29) is 0 Å². The van der Waals surface area contributed by atoms with Crippen LogP contribution in [0.15, 0.2) is 30.3 Å². The van der Waals surface area contributed by atoms with E-state index >= 15 is 0 Å². The van der Waals surface area contributed by atoms with Crippen molar-refractivity contribution in [2.75, 3.05) is 13.1 Å². The van der Waals surface area contributed by atoms with Crippen LogP contribution in [0.3, 0.4) is 0 Å². The van der Waals surface area contributed by atoms with Crippen LogP contribution in [0.25, 0.3) is 0 Å². The van der Waals surface area contributed by atoms with Gasteiger partial charge in [0.15, 0.2) is 0 Å². The van der Waals surface area contributed by atoms with Crippen molar-refractivity contribution in [2.45, 2.75) is 24.5 Å². The molecule has 0 aromatic heterocycles. The van der Waals surface area contributed by atoms with E-state index in [4.69, 9.17) is 0 Å². The number of fused-ring (bicyclic) bond motifs is 2. The number of nitrogens with one attached hydrogen (secondary N) is 1. The van der Waals surface area contributed by atoms with Crippen molar-refractivity contribution in [3.8, 4) is 0 Å². The number of likely N-dealkylation sites (tertiary alicyclic amines) is 1. The molecule has 2 aliphatic heterocycles. The Morgan fingerprint density at radius 1 is 1.47 bits per heavy atom. The first kappa shape index (κ1) is 10.7. The molecule has 2 fully saturated rings. The van der Waals surface area contributed by atoms with Crippen LogP contribution in [0.4, 0.5) is 0 Å². The first-order valence-corrected chi connectivity index (χ1v) is 5.96. The molecule has 3 rings (SSSR count). The molecule has 0 amide bonds. The molecule has 2 atom stereocenters. The van der Waals surface area contributed by atoms with Gasteiger partial charge >= 0.3 is 5.97 Å². The lowest BCUT2D eigenvalue weighted by molar-refractivity contribution is -0.149. The minimum absolute atomic E-state index is 0.342. The molecule has 0 saturated carbocycles. The van der Waals surface area contributed by atoms with Crippen LogP contribution < -0.4 is 5.32 Å². The van der Waals surface area contributed by atoms with Crippen LogP contribution in [-0.2, 0) is 11.3 Å². The average Bonchev–Trinajstić information content (AvgIpc) is 2.89. The van der Waals surface area contributed by atoms with Gasteiger partial charge in [-0.05, 0) is 12.0 Å². The van der Waals surface area contributed by atoms with Crippen LogP contribution in [0, 0.1) is 0 Å². The van der Waals surface area contributed by atoms with E-state index in [9.17, 15) is 9.90 Å². The molecular formula is C13H16N2O2. The lowest BCUT2D eigenvalue weighted by atomic mass is 9.98. The molecule has 0 aliphatic carbocycles. The number of carboxylic acid groups (broad SMARTS) is 1. The number of piperazine rings is 1. The third kappa shape index (κ3) is 1.64. The van der Waals surface area contributed by atoms with Crippen LogP contribution in [-0.4, -0.2) is 40.6 Å². The van der Waals surface area contributed by atoms with Crippen LogP contribution in [0.5, 0.6) is 0 Å².